The van der Waals surface area contributed by atoms with Crippen LogP contribution in [0.3, 0.4) is 0 Å². The highest BCUT2D eigenvalue weighted by Gasteiger charge is 2.11. The Hall–Kier alpha value is -1.74. The van der Waals surface area contributed by atoms with Crippen molar-refractivity contribution in [2.24, 2.45) is 0 Å². The lowest BCUT2D eigenvalue weighted by Gasteiger charge is -2.11. The smallest absolute Gasteiger partial charge is 0.126 e. The number of rotatable bonds is 3. The van der Waals surface area contributed by atoms with Crippen LogP contribution in [0.15, 0.2) is 42.7 Å². The first-order valence-corrected chi connectivity index (χ1v) is 5.50. The first kappa shape index (κ1) is 11.7. The molecule has 1 N–H and O–H groups in total. The first-order valence-electron chi connectivity index (χ1n) is 5.50. The van der Waals surface area contributed by atoms with E-state index in [9.17, 15) is 9.50 Å². The van der Waals surface area contributed by atoms with Crippen molar-refractivity contribution >= 4 is 0 Å². The van der Waals surface area contributed by atoms with Gasteiger partial charge >= 0.3 is 0 Å². The van der Waals surface area contributed by atoms with Crippen molar-refractivity contribution in [2.45, 2.75) is 19.4 Å². The maximum atomic E-state index is 13.4. The normalized spacial score (nSPS) is 12.4. The third-order valence-electron chi connectivity index (χ3n) is 2.65. The van der Waals surface area contributed by atoms with E-state index in [4.69, 9.17) is 0 Å². The van der Waals surface area contributed by atoms with E-state index >= 15 is 0 Å². The number of benzene rings is 1. The minimum atomic E-state index is -0.723. The van der Waals surface area contributed by atoms with E-state index in [1.165, 1.54) is 6.07 Å². The summed E-state index contributed by atoms with van der Waals surface area (Å²) in [6.45, 7) is 1.91. The molecular formula is C14H14FNO. The summed E-state index contributed by atoms with van der Waals surface area (Å²) < 4.78 is 13.4. The summed E-state index contributed by atoms with van der Waals surface area (Å²) in [5.41, 5.74) is 2.21. The number of aliphatic hydroxyl groups is 1. The van der Waals surface area contributed by atoms with Crippen LogP contribution in [-0.2, 0) is 6.42 Å². The van der Waals surface area contributed by atoms with Crippen molar-refractivity contribution in [1.82, 2.24) is 4.98 Å². The van der Waals surface area contributed by atoms with Crippen molar-refractivity contribution < 1.29 is 9.50 Å². The van der Waals surface area contributed by atoms with Crippen LogP contribution in [0, 0.1) is 12.7 Å². The Labute approximate surface area is 99.8 Å². The third-order valence-corrected chi connectivity index (χ3v) is 2.65. The molecule has 1 aromatic heterocycles. The second kappa shape index (κ2) is 5.06. The zero-order valence-corrected chi connectivity index (χ0v) is 9.60. The molecule has 0 saturated heterocycles. The van der Waals surface area contributed by atoms with Crippen molar-refractivity contribution in [3.8, 4) is 0 Å². The number of nitrogens with zero attached hydrogens (tertiary/aromatic N) is 1. The Morgan fingerprint density at radius 1 is 1.29 bits per heavy atom. The van der Waals surface area contributed by atoms with Crippen molar-refractivity contribution in [1.29, 1.82) is 0 Å². The van der Waals surface area contributed by atoms with Gasteiger partial charge in [-0.2, -0.15) is 0 Å². The number of hydrogen-bond acceptors (Lipinski definition) is 2. The number of halogens is 1. The van der Waals surface area contributed by atoms with Crippen molar-refractivity contribution in [3.63, 3.8) is 0 Å². The molecule has 1 heterocycles. The highest BCUT2D eigenvalue weighted by molar-refractivity contribution is 5.23. The molecule has 0 bridgehead atoms. The van der Waals surface area contributed by atoms with Gasteiger partial charge in [-0.25, -0.2) is 4.39 Å². The van der Waals surface area contributed by atoms with Crippen LogP contribution in [0.4, 0.5) is 4.39 Å². The molecular weight excluding hydrogens is 217 g/mol. The van der Waals surface area contributed by atoms with Gasteiger partial charge in [0.1, 0.15) is 5.82 Å². The van der Waals surface area contributed by atoms with E-state index < -0.39 is 6.10 Å². The van der Waals surface area contributed by atoms with Crippen LogP contribution in [0.25, 0.3) is 0 Å². The average molecular weight is 231 g/mol. The van der Waals surface area contributed by atoms with Gasteiger partial charge in [-0.3, -0.25) is 4.98 Å². The average Bonchev–Trinajstić information content (AvgIpc) is 2.32. The van der Waals surface area contributed by atoms with E-state index in [0.717, 1.165) is 5.56 Å². The molecule has 0 radical (unpaired) electrons. The number of pyridine rings is 1. The SMILES string of the molecule is Cc1cncc(C(O)Cc2ccccc2F)c1. The Kier molecular flexibility index (Phi) is 3.49. The van der Waals surface area contributed by atoms with Crippen LogP contribution < -0.4 is 0 Å². The van der Waals surface area contributed by atoms with E-state index in [0.29, 0.717) is 11.1 Å². The van der Waals surface area contributed by atoms with E-state index in [-0.39, 0.29) is 12.2 Å². The molecule has 0 aliphatic rings. The standard InChI is InChI=1S/C14H14FNO/c1-10-6-12(9-16-8-10)14(17)7-11-4-2-3-5-13(11)15/h2-6,8-9,14,17H,7H2,1H3. The summed E-state index contributed by atoms with van der Waals surface area (Å²) in [5.74, 6) is -0.285. The van der Waals surface area contributed by atoms with Crippen LogP contribution in [0.2, 0.25) is 0 Å². The fourth-order valence-electron chi connectivity index (χ4n) is 1.75. The Morgan fingerprint density at radius 3 is 2.76 bits per heavy atom. The first-order chi connectivity index (χ1) is 8.16. The van der Waals surface area contributed by atoms with Crippen molar-refractivity contribution in [3.05, 3.63) is 65.2 Å². The van der Waals surface area contributed by atoms with Crippen molar-refractivity contribution in [2.75, 3.05) is 0 Å². The molecule has 0 fully saturated rings. The molecule has 1 atom stereocenters. The Balaban J connectivity index is 2.17. The number of hydrogen-bond donors (Lipinski definition) is 1. The summed E-state index contributed by atoms with van der Waals surface area (Å²) in [6, 6.07) is 8.34. The van der Waals surface area contributed by atoms with Crippen LogP contribution >= 0.6 is 0 Å². The van der Waals surface area contributed by atoms with Crippen LogP contribution in [0.5, 0.6) is 0 Å². The Bertz CT molecular complexity index is 513. The molecule has 1 unspecified atom stereocenters. The maximum Gasteiger partial charge on any atom is 0.126 e. The number of aromatic nitrogens is 1. The minimum absolute atomic E-state index is 0.262. The van der Waals surface area contributed by atoms with E-state index in [1.807, 2.05) is 13.0 Å². The van der Waals surface area contributed by atoms with E-state index in [2.05, 4.69) is 4.98 Å². The highest BCUT2D eigenvalue weighted by atomic mass is 19.1. The zero-order valence-electron chi connectivity index (χ0n) is 9.60. The molecule has 0 spiro atoms. The van der Waals surface area contributed by atoms with Crippen LogP contribution in [0.1, 0.15) is 22.8 Å². The molecule has 0 amide bonds. The summed E-state index contributed by atoms with van der Waals surface area (Å²) >= 11 is 0. The van der Waals surface area contributed by atoms with E-state index in [1.54, 1.807) is 30.6 Å². The quantitative estimate of drug-likeness (QED) is 0.881. The maximum absolute atomic E-state index is 13.4. The molecule has 0 saturated carbocycles. The molecule has 0 aliphatic heterocycles. The van der Waals surface area contributed by atoms with Gasteiger partial charge in [-0.05, 0) is 29.7 Å². The molecule has 2 nitrogen and oxygen atoms in total. The van der Waals surface area contributed by atoms with Gasteiger partial charge in [-0.1, -0.05) is 24.3 Å². The molecule has 2 aromatic rings. The lowest BCUT2D eigenvalue weighted by atomic mass is 10.0. The molecule has 88 valence electrons. The second-order valence-electron chi connectivity index (χ2n) is 4.11. The lowest BCUT2D eigenvalue weighted by molar-refractivity contribution is 0.176. The molecule has 17 heavy (non-hydrogen) atoms. The fraction of sp³-hybridized carbons (Fsp3) is 0.214. The largest absolute Gasteiger partial charge is 0.388 e. The van der Waals surface area contributed by atoms with Gasteiger partial charge in [0.05, 0.1) is 6.10 Å². The predicted octanol–water partition coefficient (Wildman–Crippen LogP) is 2.81. The van der Waals surface area contributed by atoms with Gasteiger partial charge in [0.25, 0.3) is 0 Å². The summed E-state index contributed by atoms with van der Waals surface area (Å²) in [6.07, 6.45) is 2.87. The fourth-order valence-corrected chi connectivity index (χ4v) is 1.75. The molecule has 0 aliphatic carbocycles. The highest BCUT2D eigenvalue weighted by Crippen LogP contribution is 2.19. The minimum Gasteiger partial charge on any atom is -0.388 e. The van der Waals surface area contributed by atoms with Gasteiger partial charge in [0, 0.05) is 18.8 Å². The van der Waals surface area contributed by atoms with Gasteiger partial charge < -0.3 is 5.11 Å². The van der Waals surface area contributed by atoms with Gasteiger partial charge in [0.15, 0.2) is 0 Å². The number of aryl methyl sites for hydroxylation is 1. The molecule has 1 aromatic carbocycles. The third kappa shape index (κ3) is 2.88. The monoisotopic (exact) mass is 231 g/mol. The second-order valence-corrected chi connectivity index (χ2v) is 4.11. The summed E-state index contributed by atoms with van der Waals surface area (Å²) in [7, 11) is 0. The molecule has 3 heteroatoms. The topological polar surface area (TPSA) is 33.1 Å². The summed E-state index contributed by atoms with van der Waals surface area (Å²) in [5, 5.41) is 10.0. The van der Waals surface area contributed by atoms with Gasteiger partial charge in [0.2, 0.25) is 0 Å². The lowest BCUT2D eigenvalue weighted by Crippen LogP contribution is -2.04. The van der Waals surface area contributed by atoms with Crippen LogP contribution in [-0.4, -0.2) is 10.1 Å². The Morgan fingerprint density at radius 2 is 2.06 bits per heavy atom. The number of aliphatic hydroxyl groups excluding tert-OH is 1. The summed E-state index contributed by atoms with van der Waals surface area (Å²) in [4.78, 5) is 4.02. The van der Waals surface area contributed by atoms with Gasteiger partial charge in [-0.15, -0.1) is 0 Å². The molecule has 2 rings (SSSR count). The predicted molar refractivity (Wildman–Crippen MR) is 64.0 cm³/mol. The zero-order chi connectivity index (χ0) is 12.3.